The molecule has 0 spiro atoms. The number of nitrogens with two attached hydrogens (primary N) is 2. The minimum atomic E-state index is -0.925. The molecule has 0 aliphatic rings. The van der Waals surface area contributed by atoms with Crippen molar-refractivity contribution in [2.75, 3.05) is 12.3 Å². The number of benzene rings is 1. The van der Waals surface area contributed by atoms with Gasteiger partial charge in [0.1, 0.15) is 6.10 Å². The van der Waals surface area contributed by atoms with Crippen molar-refractivity contribution in [3.05, 3.63) is 23.8 Å². The molecule has 0 aliphatic heterocycles. The summed E-state index contributed by atoms with van der Waals surface area (Å²) in [5, 5.41) is 20.1. The predicted molar refractivity (Wildman–Crippen MR) is 68.7 cm³/mol. The normalized spacial score (nSPS) is 15.0. The summed E-state index contributed by atoms with van der Waals surface area (Å²) in [6, 6.07) is 5.33. The Morgan fingerprint density at radius 1 is 1.35 bits per heavy atom. The van der Waals surface area contributed by atoms with Crippen LogP contribution < -0.4 is 11.5 Å². The van der Waals surface area contributed by atoms with Gasteiger partial charge in [0.05, 0.1) is 16.3 Å². The first-order valence-corrected chi connectivity index (χ1v) is 6.15. The van der Waals surface area contributed by atoms with Crippen LogP contribution in [0.1, 0.15) is 18.1 Å². The molecule has 0 radical (unpaired) electrons. The minimum absolute atomic E-state index is 0.341. The topological polar surface area (TPSA) is 105 Å². The van der Waals surface area contributed by atoms with E-state index in [-0.39, 0.29) is 0 Å². The average molecular weight is 253 g/mol. The molecule has 17 heavy (non-hydrogen) atoms. The molecule has 0 aliphatic carbocycles. The SMILES string of the molecule is NCCC(O)C(O)c1ccc2nc(N)sc2c1. The third-order valence-electron chi connectivity index (χ3n) is 2.60. The van der Waals surface area contributed by atoms with Gasteiger partial charge in [0.25, 0.3) is 0 Å². The van der Waals surface area contributed by atoms with E-state index in [2.05, 4.69) is 4.98 Å². The van der Waals surface area contributed by atoms with E-state index < -0.39 is 12.2 Å². The molecule has 0 fully saturated rings. The Morgan fingerprint density at radius 2 is 2.12 bits per heavy atom. The molecule has 5 nitrogen and oxygen atoms in total. The Balaban J connectivity index is 2.28. The Morgan fingerprint density at radius 3 is 2.82 bits per heavy atom. The first-order valence-electron chi connectivity index (χ1n) is 5.34. The number of nitrogens with zero attached hydrogens (tertiary/aromatic N) is 1. The Labute approximate surface area is 103 Å². The molecule has 6 N–H and O–H groups in total. The fourth-order valence-electron chi connectivity index (χ4n) is 1.69. The van der Waals surface area contributed by atoms with Crippen molar-refractivity contribution in [2.45, 2.75) is 18.6 Å². The molecule has 92 valence electrons. The van der Waals surface area contributed by atoms with Crippen molar-refractivity contribution in [1.29, 1.82) is 0 Å². The molecular formula is C11H15N3O2S. The lowest BCUT2D eigenvalue weighted by atomic mass is 10.0. The van der Waals surface area contributed by atoms with Gasteiger partial charge in [-0.3, -0.25) is 0 Å². The fraction of sp³-hybridized carbons (Fsp3) is 0.364. The highest BCUT2D eigenvalue weighted by Crippen LogP contribution is 2.28. The van der Waals surface area contributed by atoms with E-state index in [0.29, 0.717) is 23.7 Å². The number of thiazole rings is 1. The number of aliphatic hydroxyl groups is 2. The van der Waals surface area contributed by atoms with Crippen molar-refractivity contribution in [2.24, 2.45) is 5.73 Å². The molecule has 1 aromatic carbocycles. The number of hydrogen-bond acceptors (Lipinski definition) is 6. The highest BCUT2D eigenvalue weighted by atomic mass is 32.1. The van der Waals surface area contributed by atoms with Crippen molar-refractivity contribution in [1.82, 2.24) is 4.98 Å². The molecule has 0 saturated carbocycles. The molecule has 0 amide bonds. The van der Waals surface area contributed by atoms with Crippen LogP contribution in [-0.2, 0) is 0 Å². The van der Waals surface area contributed by atoms with Crippen molar-refractivity contribution in [3.8, 4) is 0 Å². The van der Waals surface area contributed by atoms with Crippen LogP contribution in [-0.4, -0.2) is 27.8 Å². The zero-order valence-electron chi connectivity index (χ0n) is 9.21. The molecule has 1 heterocycles. The number of anilines is 1. The summed E-state index contributed by atoms with van der Waals surface area (Å²) >= 11 is 1.36. The second kappa shape index (κ2) is 4.97. The van der Waals surface area contributed by atoms with E-state index in [1.165, 1.54) is 11.3 Å². The van der Waals surface area contributed by atoms with Gasteiger partial charge < -0.3 is 21.7 Å². The summed E-state index contributed by atoms with van der Waals surface area (Å²) in [5.41, 5.74) is 12.4. The minimum Gasteiger partial charge on any atom is -0.390 e. The zero-order chi connectivity index (χ0) is 12.4. The van der Waals surface area contributed by atoms with Gasteiger partial charge in [-0.1, -0.05) is 17.4 Å². The van der Waals surface area contributed by atoms with Gasteiger partial charge in [-0.25, -0.2) is 4.98 Å². The summed E-state index contributed by atoms with van der Waals surface area (Å²) in [7, 11) is 0. The summed E-state index contributed by atoms with van der Waals surface area (Å²) in [5.74, 6) is 0. The van der Waals surface area contributed by atoms with Crippen molar-refractivity contribution < 1.29 is 10.2 Å². The van der Waals surface area contributed by atoms with E-state index in [0.717, 1.165) is 10.2 Å². The molecule has 2 atom stereocenters. The number of aliphatic hydroxyl groups excluding tert-OH is 2. The summed E-state index contributed by atoms with van der Waals surface area (Å²) < 4.78 is 0.902. The van der Waals surface area contributed by atoms with E-state index in [9.17, 15) is 10.2 Å². The standard InChI is InChI=1S/C11H15N3O2S/c12-4-3-8(15)10(16)6-1-2-7-9(5-6)17-11(13)14-7/h1-2,5,8,10,15-16H,3-4,12H2,(H2,13,14). The van der Waals surface area contributed by atoms with E-state index in [1.54, 1.807) is 18.2 Å². The molecule has 0 saturated heterocycles. The third-order valence-corrected chi connectivity index (χ3v) is 3.44. The summed E-state index contributed by atoms with van der Waals surface area (Å²) in [6.07, 6.45) is -1.40. The maximum Gasteiger partial charge on any atom is 0.181 e. The van der Waals surface area contributed by atoms with Crippen LogP contribution in [0, 0.1) is 0 Å². The highest BCUT2D eigenvalue weighted by molar-refractivity contribution is 7.22. The zero-order valence-corrected chi connectivity index (χ0v) is 10.0. The highest BCUT2D eigenvalue weighted by Gasteiger charge is 2.18. The van der Waals surface area contributed by atoms with Crippen LogP contribution in [0.5, 0.6) is 0 Å². The maximum absolute atomic E-state index is 9.93. The Kier molecular flexibility index (Phi) is 3.58. The second-order valence-electron chi connectivity index (χ2n) is 3.87. The van der Waals surface area contributed by atoms with E-state index in [1.807, 2.05) is 0 Å². The van der Waals surface area contributed by atoms with Crippen LogP contribution in [0.25, 0.3) is 10.2 Å². The van der Waals surface area contributed by atoms with Gasteiger partial charge in [-0.05, 0) is 30.7 Å². The first-order chi connectivity index (χ1) is 8.11. The van der Waals surface area contributed by atoms with E-state index in [4.69, 9.17) is 11.5 Å². The van der Waals surface area contributed by atoms with Crippen LogP contribution in [0.4, 0.5) is 5.13 Å². The Bertz CT molecular complexity index is 514. The number of nitrogen functional groups attached to an aromatic ring is 1. The lowest BCUT2D eigenvalue weighted by Gasteiger charge is -2.17. The lowest BCUT2D eigenvalue weighted by Crippen LogP contribution is -2.21. The predicted octanol–water partition coefficient (Wildman–Crippen LogP) is 0.622. The van der Waals surface area contributed by atoms with Gasteiger partial charge in [-0.2, -0.15) is 0 Å². The second-order valence-corrected chi connectivity index (χ2v) is 4.93. The summed E-state index contributed by atoms with van der Waals surface area (Å²) in [6.45, 7) is 0.341. The largest absolute Gasteiger partial charge is 0.390 e. The fourth-order valence-corrected chi connectivity index (χ4v) is 2.48. The third kappa shape index (κ3) is 2.55. The number of aromatic nitrogens is 1. The molecule has 2 rings (SSSR count). The number of rotatable bonds is 4. The molecule has 1 aromatic heterocycles. The maximum atomic E-state index is 9.93. The van der Waals surface area contributed by atoms with Gasteiger partial charge in [-0.15, -0.1) is 0 Å². The molecular weight excluding hydrogens is 238 g/mol. The van der Waals surface area contributed by atoms with Crippen molar-refractivity contribution in [3.63, 3.8) is 0 Å². The van der Waals surface area contributed by atoms with Crippen LogP contribution >= 0.6 is 11.3 Å². The van der Waals surface area contributed by atoms with E-state index >= 15 is 0 Å². The van der Waals surface area contributed by atoms with Crippen LogP contribution in [0.2, 0.25) is 0 Å². The average Bonchev–Trinajstić information content (AvgIpc) is 2.67. The number of fused-ring (bicyclic) bond motifs is 1. The van der Waals surface area contributed by atoms with Gasteiger partial charge in [0, 0.05) is 0 Å². The van der Waals surface area contributed by atoms with Gasteiger partial charge >= 0.3 is 0 Å². The molecule has 0 bridgehead atoms. The smallest absolute Gasteiger partial charge is 0.181 e. The first kappa shape index (κ1) is 12.3. The molecule has 6 heteroatoms. The Hall–Kier alpha value is -1.21. The quantitative estimate of drug-likeness (QED) is 0.639. The van der Waals surface area contributed by atoms with Crippen LogP contribution in [0.15, 0.2) is 18.2 Å². The monoisotopic (exact) mass is 253 g/mol. The van der Waals surface area contributed by atoms with Crippen molar-refractivity contribution >= 4 is 26.7 Å². The van der Waals surface area contributed by atoms with Gasteiger partial charge in [0.2, 0.25) is 0 Å². The van der Waals surface area contributed by atoms with Crippen LogP contribution in [0.3, 0.4) is 0 Å². The molecule has 2 aromatic rings. The number of hydrogen-bond donors (Lipinski definition) is 4. The van der Waals surface area contributed by atoms with Gasteiger partial charge in [0.15, 0.2) is 5.13 Å². The molecule has 2 unspecified atom stereocenters. The lowest BCUT2D eigenvalue weighted by molar-refractivity contribution is 0.0151. The summed E-state index contributed by atoms with van der Waals surface area (Å²) in [4.78, 5) is 4.13.